The van der Waals surface area contributed by atoms with Gasteiger partial charge in [-0.15, -0.1) is 0 Å². The Balaban J connectivity index is 1.97. The third kappa shape index (κ3) is 5.80. The van der Waals surface area contributed by atoms with Gasteiger partial charge in [-0.2, -0.15) is 0 Å². The second-order valence-electron chi connectivity index (χ2n) is 7.35. The summed E-state index contributed by atoms with van der Waals surface area (Å²) in [5.74, 6) is 1.46. The van der Waals surface area contributed by atoms with Gasteiger partial charge < -0.3 is 5.32 Å². The van der Waals surface area contributed by atoms with Crippen LogP contribution < -0.4 is 5.32 Å². The van der Waals surface area contributed by atoms with Crippen molar-refractivity contribution in [2.45, 2.75) is 59.7 Å². The molecule has 0 aromatic heterocycles. The average molecular weight is 288 g/mol. The van der Waals surface area contributed by atoms with E-state index in [1.807, 2.05) is 0 Å². The molecule has 1 fully saturated rings. The topological polar surface area (TPSA) is 15.3 Å². The van der Waals surface area contributed by atoms with Gasteiger partial charge in [-0.3, -0.25) is 4.90 Å². The second kappa shape index (κ2) is 7.95. The van der Waals surface area contributed by atoms with E-state index in [0.717, 1.165) is 31.6 Å². The van der Waals surface area contributed by atoms with E-state index in [1.165, 1.54) is 30.5 Å². The Kier molecular flexibility index (Phi) is 6.25. The third-order valence-corrected chi connectivity index (χ3v) is 4.02. The molecule has 1 aromatic rings. The summed E-state index contributed by atoms with van der Waals surface area (Å²) in [4.78, 5) is 2.69. The van der Waals surface area contributed by atoms with Crippen LogP contribution in [0.2, 0.25) is 0 Å². The van der Waals surface area contributed by atoms with Gasteiger partial charge in [-0.1, -0.05) is 52.0 Å². The molecule has 0 atom stereocenters. The minimum Gasteiger partial charge on any atom is -0.312 e. The predicted octanol–water partition coefficient (Wildman–Crippen LogP) is 4.05. The molecule has 0 bridgehead atoms. The van der Waals surface area contributed by atoms with Gasteiger partial charge in [0.25, 0.3) is 0 Å². The highest BCUT2D eigenvalue weighted by molar-refractivity contribution is 5.27. The first-order valence-corrected chi connectivity index (χ1v) is 8.57. The molecule has 1 N–H and O–H groups in total. The van der Waals surface area contributed by atoms with Crippen molar-refractivity contribution in [3.63, 3.8) is 0 Å². The molecule has 2 nitrogen and oxygen atoms in total. The highest BCUT2D eigenvalue weighted by Crippen LogP contribution is 2.29. The Bertz CT molecular complexity index is 421. The van der Waals surface area contributed by atoms with E-state index < -0.39 is 0 Å². The summed E-state index contributed by atoms with van der Waals surface area (Å²) in [6, 6.07) is 9.77. The Morgan fingerprint density at radius 2 is 1.71 bits per heavy atom. The van der Waals surface area contributed by atoms with Crippen LogP contribution in [0.5, 0.6) is 0 Å². The number of nitrogens with one attached hydrogen (secondary N) is 1. The van der Waals surface area contributed by atoms with E-state index in [1.54, 1.807) is 0 Å². The minimum absolute atomic E-state index is 0.709. The monoisotopic (exact) mass is 288 g/mol. The number of nitrogens with zero attached hydrogens (tertiary/aromatic N) is 1. The highest BCUT2D eigenvalue weighted by Gasteiger charge is 2.29. The van der Waals surface area contributed by atoms with Crippen molar-refractivity contribution in [3.05, 3.63) is 35.4 Å². The van der Waals surface area contributed by atoms with Gasteiger partial charge in [0.15, 0.2) is 0 Å². The molecule has 0 radical (unpaired) electrons. The third-order valence-electron chi connectivity index (χ3n) is 4.02. The Morgan fingerprint density at radius 3 is 2.29 bits per heavy atom. The molecule has 1 aliphatic carbocycles. The molecule has 2 rings (SSSR count). The largest absolute Gasteiger partial charge is 0.312 e. The fraction of sp³-hybridized carbons (Fsp3) is 0.684. The van der Waals surface area contributed by atoms with Crippen LogP contribution in [0.3, 0.4) is 0 Å². The Morgan fingerprint density at radius 1 is 1.05 bits per heavy atom. The van der Waals surface area contributed by atoms with Crippen LogP contribution in [0.25, 0.3) is 0 Å². The predicted molar refractivity (Wildman–Crippen MR) is 91.3 cm³/mol. The van der Waals surface area contributed by atoms with Crippen molar-refractivity contribution in [1.29, 1.82) is 0 Å². The summed E-state index contributed by atoms with van der Waals surface area (Å²) in [7, 11) is 0. The van der Waals surface area contributed by atoms with E-state index in [2.05, 4.69) is 62.2 Å². The summed E-state index contributed by atoms with van der Waals surface area (Å²) in [6.07, 6.45) is 2.78. The molecule has 1 saturated carbocycles. The van der Waals surface area contributed by atoms with E-state index >= 15 is 0 Å². The van der Waals surface area contributed by atoms with Crippen LogP contribution >= 0.6 is 0 Å². The standard InChI is InChI=1S/C19H32N2/c1-15(2)11-20-12-17-7-5-6-8-18(17)14-21(13-16(3)4)19-9-10-19/h5-8,15-16,19-20H,9-14H2,1-4H3. The normalized spacial score (nSPS) is 15.4. The van der Waals surface area contributed by atoms with Crippen LogP contribution in [0.15, 0.2) is 24.3 Å². The lowest BCUT2D eigenvalue weighted by molar-refractivity contribution is 0.225. The summed E-state index contributed by atoms with van der Waals surface area (Å²) < 4.78 is 0. The molecule has 0 spiro atoms. The number of benzene rings is 1. The van der Waals surface area contributed by atoms with Gasteiger partial charge in [0.2, 0.25) is 0 Å². The molecule has 1 aliphatic rings. The van der Waals surface area contributed by atoms with Crippen molar-refractivity contribution in [1.82, 2.24) is 10.2 Å². The Labute approximate surface area is 130 Å². The van der Waals surface area contributed by atoms with Gasteiger partial charge in [-0.25, -0.2) is 0 Å². The second-order valence-corrected chi connectivity index (χ2v) is 7.35. The number of rotatable bonds is 9. The van der Waals surface area contributed by atoms with Crippen molar-refractivity contribution in [2.75, 3.05) is 13.1 Å². The van der Waals surface area contributed by atoms with Crippen LogP contribution in [0, 0.1) is 11.8 Å². The van der Waals surface area contributed by atoms with Crippen molar-refractivity contribution >= 4 is 0 Å². The molecule has 118 valence electrons. The maximum atomic E-state index is 3.58. The lowest BCUT2D eigenvalue weighted by Crippen LogP contribution is -2.30. The van der Waals surface area contributed by atoms with Crippen molar-refractivity contribution in [2.24, 2.45) is 11.8 Å². The van der Waals surface area contributed by atoms with Gasteiger partial charge >= 0.3 is 0 Å². The molecular weight excluding hydrogens is 256 g/mol. The van der Waals surface area contributed by atoms with Crippen molar-refractivity contribution in [3.8, 4) is 0 Å². The van der Waals surface area contributed by atoms with E-state index in [0.29, 0.717) is 5.92 Å². The minimum atomic E-state index is 0.709. The lowest BCUT2D eigenvalue weighted by Gasteiger charge is -2.25. The van der Waals surface area contributed by atoms with Gasteiger partial charge in [-0.05, 0) is 42.3 Å². The van der Waals surface area contributed by atoms with Gasteiger partial charge in [0.05, 0.1) is 0 Å². The van der Waals surface area contributed by atoms with Crippen LogP contribution in [0.1, 0.15) is 51.7 Å². The van der Waals surface area contributed by atoms with Crippen LogP contribution in [-0.2, 0) is 13.1 Å². The molecule has 0 heterocycles. The lowest BCUT2D eigenvalue weighted by atomic mass is 10.1. The quantitative estimate of drug-likeness (QED) is 0.737. The molecule has 0 unspecified atom stereocenters. The maximum absolute atomic E-state index is 3.58. The van der Waals surface area contributed by atoms with Crippen molar-refractivity contribution < 1.29 is 0 Å². The SMILES string of the molecule is CC(C)CNCc1ccccc1CN(CC(C)C)C1CC1. The van der Waals surface area contributed by atoms with E-state index in [9.17, 15) is 0 Å². The summed E-state index contributed by atoms with van der Waals surface area (Å²) in [5, 5.41) is 3.58. The number of hydrogen-bond acceptors (Lipinski definition) is 2. The zero-order chi connectivity index (χ0) is 15.2. The first-order chi connectivity index (χ1) is 10.1. The first-order valence-electron chi connectivity index (χ1n) is 8.57. The number of hydrogen-bond donors (Lipinski definition) is 1. The summed E-state index contributed by atoms with van der Waals surface area (Å²) in [6.45, 7) is 13.6. The van der Waals surface area contributed by atoms with Crippen LogP contribution in [-0.4, -0.2) is 24.0 Å². The zero-order valence-corrected chi connectivity index (χ0v) is 14.2. The molecule has 0 saturated heterocycles. The summed E-state index contributed by atoms with van der Waals surface area (Å²) in [5.41, 5.74) is 2.97. The Hall–Kier alpha value is -0.860. The smallest absolute Gasteiger partial charge is 0.0240 e. The fourth-order valence-corrected chi connectivity index (χ4v) is 2.85. The fourth-order valence-electron chi connectivity index (χ4n) is 2.85. The maximum Gasteiger partial charge on any atom is 0.0240 e. The molecule has 21 heavy (non-hydrogen) atoms. The molecule has 0 amide bonds. The van der Waals surface area contributed by atoms with E-state index in [4.69, 9.17) is 0 Å². The van der Waals surface area contributed by atoms with Gasteiger partial charge in [0.1, 0.15) is 0 Å². The summed E-state index contributed by atoms with van der Waals surface area (Å²) >= 11 is 0. The molecular formula is C19H32N2. The van der Waals surface area contributed by atoms with Crippen LogP contribution in [0.4, 0.5) is 0 Å². The van der Waals surface area contributed by atoms with Gasteiger partial charge in [0, 0.05) is 25.7 Å². The molecule has 1 aromatic carbocycles. The highest BCUT2D eigenvalue weighted by atomic mass is 15.2. The van der Waals surface area contributed by atoms with E-state index in [-0.39, 0.29) is 0 Å². The molecule has 0 aliphatic heterocycles. The molecule has 2 heteroatoms. The first kappa shape index (κ1) is 16.5. The zero-order valence-electron chi connectivity index (χ0n) is 14.2. The average Bonchev–Trinajstić information content (AvgIpc) is 3.23.